The molecule has 0 atom stereocenters. The monoisotopic (exact) mass is 822 g/mol. The molecular formula is C54H50N2O2S2. The lowest BCUT2D eigenvalue weighted by Crippen LogP contribution is -1.98. The van der Waals surface area contributed by atoms with E-state index in [1.807, 2.05) is 12.1 Å². The highest BCUT2D eigenvalue weighted by Crippen LogP contribution is 2.46. The molecule has 4 nitrogen and oxygen atoms in total. The van der Waals surface area contributed by atoms with Gasteiger partial charge in [-0.1, -0.05) is 88.8 Å². The zero-order valence-corrected chi connectivity index (χ0v) is 36.6. The number of hydrogen-bond donors (Lipinski definition) is 0. The average molecular weight is 823 g/mol. The summed E-state index contributed by atoms with van der Waals surface area (Å²) >= 11 is 3.46. The highest BCUT2D eigenvalue weighted by atomic mass is 32.1. The third-order valence-electron chi connectivity index (χ3n) is 11.3. The number of hydrogen-bond acceptors (Lipinski definition) is 5. The maximum Gasteiger partial charge on any atom is 0.199 e. The Morgan fingerprint density at radius 1 is 0.583 bits per heavy atom. The first kappa shape index (κ1) is 40.8. The van der Waals surface area contributed by atoms with Crippen molar-refractivity contribution in [2.45, 2.75) is 79.1 Å². The minimum Gasteiger partial charge on any atom is -0.495 e. The minimum absolute atomic E-state index is 0.588. The summed E-state index contributed by atoms with van der Waals surface area (Å²) in [4.78, 5) is 6.47. The molecule has 0 unspecified atom stereocenters. The van der Waals surface area contributed by atoms with Gasteiger partial charge in [-0.15, -0.1) is 22.7 Å². The van der Waals surface area contributed by atoms with Gasteiger partial charge in [0.25, 0.3) is 0 Å². The third-order valence-corrected chi connectivity index (χ3v) is 13.4. The predicted molar refractivity (Wildman–Crippen MR) is 260 cm³/mol. The molecule has 60 heavy (non-hydrogen) atoms. The molecule has 0 saturated heterocycles. The fourth-order valence-corrected chi connectivity index (χ4v) is 10.0. The van der Waals surface area contributed by atoms with Crippen LogP contribution < -0.4 is 9.47 Å². The SMILES string of the molecule is [C-]#[N+]c1cc(OCCCCCC)cc2ccc3c(cc(/C=C/c4cc(C)cs4)c4c5ccc6cc(OCCCCCC)cc(C#N)c6c5cc(/C=C/c5cc(C)cs5)c34)c12. The highest BCUT2D eigenvalue weighted by molar-refractivity contribution is 7.11. The second kappa shape index (κ2) is 18.6. The molecule has 0 radical (unpaired) electrons. The van der Waals surface area contributed by atoms with Gasteiger partial charge in [0.05, 0.1) is 31.4 Å². The summed E-state index contributed by atoms with van der Waals surface area (Å²) in [6.07, 6.45) is 17.9. The van der Waals surface area contributed by atoms with Crippen molar-refractivity contribution in [3.63, 3.8) is 0 Å². The lowest BCUT2D eigenvalue weighted by atomic mass is 9.85. The summed E-state index contributed by atoms with van der Waals surface area (Å²) in [5.41, 5.74) is 5.78. The molecule has 6 aromatic carbocycles. The van der Waals surface area contributed by atoms with Crippen molar-refractivity contribution in [1.82, 2.24) is 0 Å². The van der Waals surface area contributed by atoms with Crippen molar-refractivity contribution in [1.29, 1.82) is 5.26 Å². The van der Waals surface area contributed by atoms with Gasteiger partial charge < -0.3 is 9.47 Å². The first-order valence-corrected chi connectivity index (χ1v) is 23.0. The van der Waals surface area contributed by atoms with E-state index in [2.05, 4.69) is 134 Å². The molecule has 8 aromatic rings. The van der Waals surface area contributed by atoms with Crippen molar-refractivity contribution in [2.24, 2.45) is 0 Å². The van der Waals surface area contributed by atoms with E-state index in [1.54, 1.807) is 22.7 Å². The largest absolute Gasteiger partial charge is 0.495 e. The summed E-state index contributed by atoms with van der Waals surface area (Å²) in [6, 6.07) is 28.3. The summed E-state index contributed by atoms with van der Waals surface area (Å²) in [5.74, 6) is 1.47. The highest BCUT2D eigenvalue weighted by Gasteiger charge is 2.19. The van der Waals surface area contributed by atoms with Gasteiger partial charge in [-0.25, -0.2) is 4.85 Å². The molecule has 2 heterocycles. The van der Waals surface area contributed by atoms with Crippen LogP contribution in [0.5, 0.6) is 11.5 Å². The second-order valence-corrected chi connectivity index (χ2v) is 17.8. The van der Waals surface area contributed by atoms with Gasteiger partial charge in [-0.2, -0.15) is 5.26 Å². The molecule has 6 heteroatoms. The van der Waals surface area contributed by atoms with Gasteiger partial charge in [0.1, 0.15) is 11.5 Å². The molecule has 0 saturated carbocycles. The Kier molecular flexibility index (Phi) is 12.6. The Labute approximate surface area is 361 Å². The van der Waals surface area contributed by atoms with Crippen LogP contribution >= 0.6 is 22.7 Å². The van der Waals surface area contributed by atoms with Crippen LogP contribution in [0.2, 0.25) is 0 Å². The van der Waals surface area contributed by atoms with Crippen LogP contribution in [0.1, 0.15) is 103 Å². The summed E-state index contributed by atoms with van der Waals surface area (Å²) in [6.45, 7) is 18.3. The van der Waals surface area contributed by atoms with Crippen LogP contribution in [-0.4, -0.2) is 13.2 Å². The van der Waals surface area contributed by atoms with E-state index in [1.165, 1.54) is 46.6 Å². The molecule has 0 spiro atoms. The number of benzene rings is 6. The fourth-order valence-electron chi connectivity index (χ4n) is 8.44. The van der Waals surface area contributed by atoms with Gasteiger partial charge in [-0.3, -0.25) is 0 Å². The lowest BCUT2D eigenvalue weighted by molar-refractivity contribution is 0.305. The van der Waals surface area contributed by atoms with Crippen molar-refractivity contribution >= 4 is 107 Å². The second-order valence-electron chi connectivity index (χ2n) is 15.9. The zero-order valence-electron chi connectivity index (χ0n) is 35.0. The number of thiophene rings is 2. The van der Waals surface area contributed by atoms with E-state index in [-0.39, 0.29) is 0 Å². The number of fused-ring (bicyclic) bond motifs is 9. The average Bonchev–Trinajstić information content (AvgIpc) is 3.89. The summed E-state index contributed by atoms with van der Waals surface area (Å²) < 4.78 is 12.5. The third kappa shape index (κ3) is 8.55. The number of nitriles is 1. The van der Waals surface area contributed by atoms with Crippen LogP contribution in [0.25, 0.3) is 83.0 Å². The van der Waals surface area contributed by atoms with Crippen LogP contribution in [0, 0.1) is 31.8 Å². The number of nitrogens with zero attached hydrogens (tertiary/aromatic N) is 2. The van der Waals surface area contributed by atoms with Crippen LogP contribution in [-0.2, 0) is 0 Å². The quantitative estimate of drug-likeness (QED) is 0.0554. The Bertz CT molecular complexity index is 2820. The number of aryl methyl sites for hydroxylation is 2. The molecule has 2 aromatic heterocycles. The van der Waals surface area contributed by atoms with E-state index >= 15 is 0 Å². The van der Waals surface area contributed by atoms with Crippen molar-refractivity contribution < 1.29 is 9.47 Å². The summed E-state index contributed by atoms with van der Waals surface area (Å²) in [7, 11) is 0. The maximum atomic E-state index is 10.7. The Morgan fingerprint density at radius 3 is 1.58 bits per heavy atom. The van der Waals surface area contributed by atoms with Crippen molar-refractivity contribution in [3.8, 4) is 17.6 Å². The van der Waals surface area contributed by atoms with E-state index in [9.17, 15) is 5.26 Å². The molecule has 0 aliphatic carbocycles. The minimum atomic E-state index is 0.588. The molecule has 0 fully saturated rings. The van der Waals surface area contributed by atoms with Gasteiger partial charge in [0, 0.05) is 15.1 Å². The van der Waals surface area contributed by atoms with E-state index in [0.29, 0.717) is 24.5 Å². The van der Waals surface area contributed by atoms with Crippen LogP contribution in [0.3, 0.4) is 0 Å². The van der Waals surface area contributed by atoms with Crippen LogP contribution in [0.4, 0.5) is 5.69 Å². The molecule has 0 amide bonds. The number of rotatable bonds is 16. The normalized spacial score (nSPS) is 11.8. The molecule has 8 rings (SSSR count). The summed E-state index contributed by atoms with van der Waals surface area (Å²) in [5, 5.41) is 25.3. The molecule has 0 aliphatic rings. The molecule has 0 N–H and O–H groups in total. The smallest absolute Gasteiger partial charge is 0.199 e. The van der Waals surface area contributed by atoms with Gasteiger partial charge in [0.15, 0.2) is 5.69 Å². The molecule has 0 aliphatic heterocycles. The van der Waals surface area contributed by atoms with Crippen molar-refractivity contribution in [2.75, 3.05) is 13.2 Å². The topological polar surface area (TPSA) is 46.6 Å². The number of ether oxygens (including phenoxy) is 2. The Balaban J connectivity index is 1.41. The Morgan fingerprint density at radius 2 is 1.10 bits per heavy atom. The van der Waals surface area contributed by atoms with Gasteiger partial charge in [0.2, 0.25) is 0 Å². The number of unbranched alkanes of at least 4 members (excludes halogenated alkanes) is 6. The molecular weight excluding hydrogens is 773 g/mol. The zero-order chi connectivity index (χ0) is 41.6. The molecule has 300 valence electrons. The predicted octanol–water partition coefficient (Wildman–Crippen LogP) is 16.9. The Hall–Kier alpha value is -5.92. The van der Waals surface area contributed by atoms with E-state index in [0.717, 1.165) is 102 Å². The first-order chi connectivity index (χ1) is 29.4. The standard InChI is InChI=1S/C54H50N2O2S2/c1-6-8-10-12-22-57-42-26-37-16-20-46-48(51(37)41(28-42)32-55)29-39(14-18-44-24-35(3)33-59-44)54-47-21-17-38-27-43(58-23-13-11-9-7-2)31-50(56-5)52(38)49(47)30-40(53(46)54)15-19-45-25-36(4)34-60-45/h14-21,24-31,33-34H,6-13,22-23H2,1-4H3/b18-14+,19-15+. The fraction of sp³-hybridized carbons (Fsp3) is 0.259. The lowest BCUT2D eigenvalue weighted by Gasteiger charge is -2.18. The van der Waals surface area contributed by atoms with Gasteiger partial charge >= 0.3 is 0 Å². The van der Waals surface area contributed by atoms with Crippen molar-refractivity contribution in [3.05, 3.63) is 133 Å². The first-order valence-electron chi connectivity index (χ1n) is 21.3. The van der Waals surface area contributed by atoms with Crippen LogP contribution in [0.15, 0.2) is 83.6 Å². The van der Waals surface area contributed by atoms with E-state index < -0.39 is 0 Å². The maximum absolute atomic E-state index is 10.7. The molecule has 0 bridgehead atoms. The van der Waals surface area contributed by atoms with Gasteiger partial charge in [-0.05, 0) is 169 Å². The van der Waals surface area contributed by atoms with E-state index in [4.69, 9.17) is 16.0 Å².